The zero-order chi connectivity index (χ0) is 12.9. The molecule has 0 aliphatic heterocycles. The van der Waals surface area contributed by atoms with Crippen molar-refractivity contribution in [2.45, 2.75) is 0 Å². The van der Waals surface area contributed by atoms with Gasteiger partial charge in [-0.1, -0.05) is 0 Å². The fraction of sp³-hybridized carbons (Fsp3) is 0.500. The molecule has 0 aromatic rings. The summed E-state index contributed by atoms with van der Waals surface area (Å²) < 4.78 is 4.86. The molecule has 0 heterocycles. The van der Waals surface area contributed by atoms with Crippen LogP contribution in [0, 0.1) is 0 Å². The van der Waals surface area contributed by atoms with Crippen LogP contribution in [0.2, 0.25) is 0 Å². The molecule has 0 atom stereocenters. The fourth-order valence-electron chi connectivity index (χ4n) is 0.593. The van der Waals surface area contributed by atoms with Crippen molar-refractivity contribution in [2.24, 2.45) is 9.98 Å². The molecule has 0 unspecified atom stereocenters. The van der Waals surface area contributed by atoms with Gasteiger partial charge in [-0.3, -0.25) is 29.0 Å². The molecule has 0 rings (SSSR count). The van der Waals surface area contributed by atoms with Gasteiger partial charge in [-0.05, 0) is 12.5 Å². The van der Waals surface area contributed by atoms with Crippen molar-refractivity contribution in [3.63, 3.8) is 0 Å². The topological polar surface area (TPSA) is 82.9 Å². The Morgan fingerprint density at radius 3 is 1.76 bits per heavy atom. The summed E-state index contributed by atoms with van der Waals surface area (Å²) in [4.78, 5) is 29.9. The van der Waals surface area contributed by atoms with Gasteiger partial charge in [0.15, 0.2) is 0 Å². The van der Waals surface area contributed by atoms with E-state index in [4.69, 9.17) is 0 Å². The van der Waals surface area contributed by atoms with Crippen molar-refractivity contribution < 1.29 is 9.59 Å². The van der Waals surface area contributed by atoms with E-state index in [0.717, 1.165) is 12.1 Å². The molecule has 0 bridgehead atoms. The largest absolute Gasteiger partial charge is 0.281 e. The molecule has 2 N–H and O–H groups in total. The van der Waals surface area contributed by atoms with Crippen LogP contribution in [0.15, 0.2) is 9.98 Å². The number of hydrogen-bond acceptors (Lipinski definition) is 7. The maximum Gasteiger partial charge on any atom is 0.252 e. The molecule has 17 heavy (non-hydrogen) atoms. The van der Waals surface area contributed by atoms with Gasteiger partial charge in [-0.2, -0.15) is 0 Å². The highest BCUT2D eigenvalue weighted by Crippen LogP contribution is 1.89. The van der Waals surface area contributed by atoms with Gasteiger partial charge in [0.05, 0.1) is 23.2 Å². The molecular formula is C8H14N4O2S3. The molecule has 2 amide bonds. The van der Waals surface area contributed by atoms with Crippen molar-refractivity contribution in [3.8, 4) is 0 Å². The Balaban J connectivity index is 3.55. The summed E-state index contributed by atoms with van der Waals surface area (Å²) in [6, 6.07) is 0. The standard InChI is InChI=1S/C8H14N4O2S3/c1-15-5-9-3-7(13)11-17-12-8(14)4-10-6-16-2/h5-6H,3-4H2,1-2H3,(H,11,13)(H,12,14). The quantitative estimate of drug-likeness (QED) is 0.388. The molecule has 0 aromatic carbocycles. The van der Waals surface area contributed by atoms with E-state index in [1.807, 2.05) is 12.5 Å². The van der Waals surface area contributed by atoms with Crippen molar-refractivity contribution in [1.29, 1.82) is 0 Å². The van der Waals surface area contributed by atoms with Crippen LogP contribution >= 0.6 is 35.7 Å². The number of carbonyl (C=O) groups is 2. The number of nitrogens with one attached hydrogen (secondary N) is 2. The van der Waals surface area contributed by atoms with Crippen LogP contribution in [-0.4, -0.2) is 48.5 Å². The van der Waals surface area contributed by atoms with Gasteiger partial charge in [0.2, 0.25) is 0 Å². The van der Waals surface area contributed by atoms with Gasteiger partial charge in [0.1, 0.15) is 13.1 Å². The van der Waals surface area contributed by atoms with E-state index in [0.29, 0.717) is 0 Å². The van der Waals surface area contributed by atoms with E-state index in [-0.39, 0.29) is 24.9 Å². The van der Waals surface area contributed by atoms with Gasteiger partial charge >= 0.3 is 0 Å². The third-order valence-electron chi connectivity index (χ3n) is 1.16. The van der Waals surface area contributed by atoms with Crippen LogP contribution in [-0.2, 0) is 9.59 Å². The monoisotopic (exact) mass is 294 g/mol. The van der Waals surface area contributed by atoms with Crippen LogP contribution in [0.25, 0.3) is 0 Å². The molecule has 0 aliphatic carbocycles. The summed E-state index contributed by atoms with van der Waals surface area (Å²) in [5.41, 5.74) is 3.17. The van der Waals surface area contributed by atoms with Crippen molar-refractivity contribution >= 4 is 58.6 Å². The van der Waals surface area contributed by atoms with Crippen LogP contribution in [0.5, 0.6) is 0 Å². The van der Waals surface area contributed by atoms with Gasteiger partial charge in [0.25, 0.3) is 11.8 Å². The third-order valence-corrected chi connectivity index (χ3v) is 2.54. The molecule has 0 aliphatic rings. The number of rotatable bonds is 8. The maximum absolute atomic E-state index is 11.1. The van der Waals surface area contributed by atoms with Gasteiger partial charge in [-0.25, -0.2) is 0 Å². The summed E-state index contributed by atoms with van der Waals surface area (Å²) in [7, 11) is 0. The Morgan fingerprint density at radius 1 is 1.00 bits per heavy atom. The molecule has 96 valence electrons. The van der Waals surface area contributed by atoms with Gasteiger partial charge in [-0.15, -0.1) is 23.5 Å². The van der Waals surface area contributed by atoms with E-state index < -0.39 is 0 Å². The van der Waals surface area contributed by atoms with Crippen LogP contribution in [0.4, 0.5) is 0 Å². The molecule has 0 radical (unpaired) electrons. The fourth-order valence-corrected chi connectivity index (χ4v) is 1.45. The first-order valence-electron chi connectivity index (χ1n) is 4.46. The zero-order valence-electron chi connectivity index (χ0n) is 9.50. The Morgan fingerprint density at radius 2 is 1.41 bits per heavy atom. The predicted molar refractivity (Wildman–Crippen MR) is 77.6 cm³/mol. The Kier molecular flexibility index (Phi) is 11.3. The second-order valence-electron chi connectivity index (χ2n) is 2.52. The molecule has 0 spiro atoms. The van der Waals surface area contributed by atoms with Crippen molar-refractivity contribution in [2.75, 3.05) is 25.6 Å². The van der Waals surface area contributed by atoms with E-state index in [1.54, 1.807) is 11.1 Å². The first kappa shape index (κ1) is 16.3. The SMILES string of the molecule is CSC=NCC(=O)NSNC(=O)CN=CSC. The van der Waals surface area contributed by atoms with Crippen molar-refractivity contribution in [1.82, 2.24) is 9.44 Å². The average Bonchev–Trinajstić information content (AvgIpc) is 2.30. The summed E-state index contributed by atoms with van der Waals surface area (Å²) in [6.07, 6.45) is 3.71. The minimum absolute atomic E-state index is 0.0499. The van der Waals surface area contributed by atoms with Crippen LogP contribution in [0.1, 0.15) is 0 Å². The lowest BCUT2D eigenvalue weighted by Crippen LogP contribution is -2.27. The molecule has 0 saturated heterocycles. The second-order valence-corrected chi connectivity index (χ2v) is 4.49. The number of amides is 2. The number of carbonyl (C=O) groups excluding carboxylic acids is 2. The highest BCUT2D eigenvalue weighted by molar-refractivity contribution is 8.11. The number of nitrogens with zero attached hydrogens (tertiary/aromatic N) is 2. The smallest absolute Gasteiger partial charge is 0.252 e. The lowest BCUT2D eigenvalue weighted by Gasteiger charge is -2.02. The Bertz CT molecular complexity index is 268. The minimum atomic E-state index is -0.270. The van der Waals surface area contributed by atoms with E-state index in [2.05, 4.69) is 19.4 Å². The highest BCUT2D eigenvalue weighted by Gasteiger charge is 2.01. The normalized spacial score (nSPS) is 10.9. The van der Waals surface area contributed by atoms with E-state index in [1.165, 1.54) is 23.5 Å². The second kappa shape index (κ2) is 11.8. The Labute approximate surface area is 113 Å². The summed E-state index contributed by atoms with van der Waals surface area (Å²) in [6.45, 7) is 0.0999. The Hall–Kier alpha value is -0.670. The third kappa shape index (κ3) is 11.6. The molecule has 0 saturated carbocycles. The van der Waals surface area contributed by atoms with Crippen LogP contribution in [0.3, 0.4) is 0 Å². The predicted octanol–water partition coefficient (Wildman–Crippen LogP) is 0.565. The van der Waals surface area contributed by atoms with Gasteiger partial charge < -0.3 is 0 Å². The van der Waals surface area contributed by atoms with Crippen LogP contribution < -0.4 is 9.44 Å². The first-order valence-corrected chi connectivity index (χ1v) is 7.85. The number of hydrogen-bond donors (Lipinski definition) is 2. The zero-order valence-corrected chi connectivity index (χ0v) is 12.0. The molecule has 0 aromatic heterocycles. The number of aliphatic imine (C=N–C) groups is 2. The molecule has 9 heteroatoms. The molecule has 0 fully saturated rings. The van der Waals surface area contributed by atoms with Crippen molar-refractivity contribution in [3.05, 3.63) is 0 Å². The molecule has 6 nitrogen and oxygen atoms in total. The summed E-state index contributed by atoms with van der Waals surface area (Å²) in [5, 5.41) is 0. The maximum atomic E-state index is 11.1. The minimum Gasteiger partial charge on any atom is -0.281 e. The molecular weight excluding hydrogens is 280 g/mol. The average molecular weight is 294 g/mol. The summed E-state index contributed by atoms with van der Waals surface area (Å²) in [5.74, 6) is -0.540. The van der Waals surface area contributed by atoms with E-state index >= 15 is 0 Å². The number of thioether (sulfide) groups is 2. The van der Waals surface area contributed by atoms with E-state index in [9.17, 15) is 9.59 Å². The first-order chi connectivity index (χ1) is 8.20. The lowest BCUT2D eigenvalue weighted by molar-refractivity contribution is -0.117. The summed E-state index contributed by atoms with van der Waals surface area (Å²) >= 11 is 3.66. The lowest BCUT2D eigenvalue weighted by atomic mass is 10.6. The highest BCUT2D eigenvalue weighted by atomic mass is 32.2. The van der Waals surface area contributed by atoms with Gasteiger partial charge in [0, 0.05) is 0 Å².